The number of hydrogen-bond donors (Lipinski definition) is 1. The first-order chi connectivity index (χ1) is 9.81. The first-order valence-electron chi connectivity index (χ1n) is 7.96. The lowest BCUT2D eigenvalue weighted by Crippen LogP contribution is -2.53. The summed E-state index contributed by atoms with van der Waals surface area (Å²) in [5.74, 6) is 0.429. The van der Waals surface area contributed by atoms with Crippen molar-refractivity contribution < 1.29 is 9.84 Å². The van der Waals surface area contributed by atoms with E-state index in [1.54, 1.807) is 6.07 Å². The van der Waals surface area contributed by atoms with Crippen LogP contribution in [0.2, 0.25) is 0 Å². The molecule has 1 aromatic carbocycles. The fourth-order valence-electron chi connectivity index (χ4n) is 3.92. The van der Waals surface area contributed by atoms with E-state index in [1.165, 1.54) is 25.7 Å². The summed E-state index contributed by atoms with van der Waals surface area (Å²) in [5.41, 5.74) is 1.07. The standard InChI is InChI=1S/C17H25NO2/c1-2-14(13-7-3-5-9-16(13)19)18-11-12-20-17-10-6-4-8-15(17)18/h3,5,7,9,14-15,17,19H,2,4,6,8,10-12H2,1H3. The van der Waals surface area contributed by atoms with Crippen molar-refractivity contribution in [2.24, 2.45) is 0 Å². The number of phenolic OH excluding ortho intramolecular Hbond substituents is 1. The zero-order valence-electron chi connectivity index (χ0n) is 12.3. The van der Waals surface area contributed by atoms with Gasteiger partial charge in [0.1, 0.15) is 5.75 Å². The van der Waals surface area contributed by atoms with Gasteiger partial charge < -0.3 is 9.84 Å². The first-order valence-corrected chi connectivity index (χ1v) is 7.96. The lowest BCUT2D eigenvalue weighted by atomic mass is 9.87. The SMILES string of the molecule is CCC(c1ccccc1O)N1CCOC2CCCCC21. The van der Waals surface area contributed by atoms with Crippen LogP contribution in [0.25, 0.3) is 0 Å². The molecule has 3 heteroatoms. The van der Waals surface area contributed by atoms with Crippen LogP contribution in [0.4, 0.5) is 0 Å². The van der Waals surface area contributed by atoms with Gasteiger partial charge in [-0.15, -0.1) is 0 Å². The van der Waals surface area contributed by atoms with Crippen molar-refractivity contribution in [2.45, 2.75) is 57.2 Å². The van der Waals surface area contributed by atoms with Crippen molar-refractivity contribution in [3.8, 4) is 5.75 Å². The molecule has 3 nitrogen and oxygen atoms in total. The number of nitrogens with zero attached hydrogens (tertiary/aromatic N) is 1. The molecule has 1 aliphatic heterocycles. The van der Waals surface area contributed by atoms with E-state index < -0.39 is 0 Å². The minimum absolute atomic E-state index is 0.311. The third-order valence-electron chi connectivity index (χ3n) is 4.86. The highest BCUT2D eigenvalue weighted by Gasteiger charge is 2.37. The Hall–Kier alpha value is -1.06. The highest BCUT2D eigenvalue weighted by atomic mass is 16.5. The molecule has 0 aromatic heterocycles. The van der Waals surface area contributed by atoms with E-state index in [1.807, 2.05) is 12.1 Å². The van der Waals surface area contributed by atoms with Crippen molar-refractivity contribution in [1.82, 2.24) is 4.90 Å². The Bertz CT molecular complexity index is 446. The summed E-state index contributed by atoms with van der Waals surface area (Å²) in [6.45, 7) is 4.02. The van der Waals surface area contributed by atoms with Crippen molar-refractivity contribution in [1.29, 1.82) is 0 Å². The molecule has 0 bridgehead atoms. The summed E-state index contributed by atoms with van der Waals surface area (Å²) in [5, 5.41) is 10.2. The van der Waals surface area contributed by atoms with Gasteiger partial charge in [0.2, 0.25) is 0 Å². The zero-order valence-corrected chi connectivity index (χ0v) is 12.3. The van der Waals surface area contributed by atoms with E-state index in [4.69, 9.17) is 4.74 Å². The van der Waals surface area contributed by atoms with Gasteiger partial charge in [-0.05, 0) is 25.3 Å². The molecule has 1 aromatic rings. The minimum atomic E-state index is 0.311. The predicted molar refractivity (Wildman–Crippen MR) is 79.8 cm³/mol. The van der Waals surface area contributed by atoms with Crippen LogP contribution < -0.4 is 0 Å². The molecule has 0 radical (unpaired) electrons. The van der Waals surface area contributed by atoms with Crippen LogP contribution in [0.1, 0.15) is 50.6 Å². The Labute approximate surface area is 121 Å². The normalized spacial score (nSPS) is 28.9. The summed E-state index contributed by atoms with van der Waals surface area (Å²) < 4.78 is 5.97. The molecular weight excluding hydrogens is 250 g/mol. The van der Waals surface area contributed by atoms with Crippen LogP contribution in [0.3, 0.4) is 0 Å². The largest absolute Gasteiger partial charge is 0.508 e. The van der Waals surface area contributed by atoms with Crippen LogP contribution in [0.5, 0.6) is 5.75 Å². The van der Waals surface area contributed by atoms with Crippen LogP contribution in [0.15, 0.2) is 24.3 Å². The van der Waals surface area contributed by atoms with Gasteiger partial charge in [-0.2, -0.15) is 0 Å². The quantitative estimate of drug-likeness (QED) is 0.916. The van der Waals surface area contributed by atoms with E-state index in [0.717, 1.165) is 25.1 Å². The van der Waals surface area contributed by atoms with Crippen LogP contribution in [0, 0.1) is 0 Å². The fraction of sp³-hybridized carbons (Fsp3) is 0.647. The summed E-state index contributed by atoms with van der Waals surface area (Å²) in [4.78, 5) is 2.59. The van der Waals surface area contributed by atoms with Crippen LogP contribution >= 0.6 is 0 Å². The molecule has 110 valence electrons. The van der Waals surface area contributed by atoms with Gasteiger partial charge in [-0.25, -0.2) is 0 Å². The average molecular weight is 275 g/mol. The Morgan fingerprint density at radius 3 is 2.90 bits per heavy atom. The molecule has 3 unspecified atom stereocenters. The van der Waals surface area contributed by atoms with Crippen molar-refractivity contribution in [3.05, 3.63) is 29.8 Å². The number of hydrogen-bond acceptors (Lipinski definition) is 3. The lowest BCUT2D eigenvalue weighted by Gasteiger charge is -2.47. The van der Waals surface area contributed by atoms with E-state index >= 15 is 0 Å². The van der Waals surface area contributed by atoms with E-state index in [9.17, 15) is 5.11 Å². The first kappa shape index (κ1) is 13.9. The molecule has 1 heterocycles. The summed E-state index contributed by atoms with van der Waals surface area (Å²) in [7, 11) is 0. The van der Waals surface area contributed by atoms with Gasteiger partial charge in [0.25, 0.3) is 0 Å². The van der Waals surface area contributed by atoms with E-state index in [-0.39, 0.29) is 0 Å². The van der Waals surface area contributed by atoms with Crippen molar-refractivity contribution in [3.63, 3.8) is 0 Å². The maximum absolute atomic E-state index is 10.2. The number of aromatic hydroxyl groups is 1. The second-order valence-corrected chi connectivity index (χ2v) is 5.98. The number of benzene rings is 1. The van der Waals surface area contributed by atoms with Crippen LogP contribution in [-0.4, -0.2) is 35.3 Å². The molecule has 3 atom stereocenters. The van der Waals surface area contributed by atoms with Gasteiger partial charge in [-0.3, -0.25) is 4.90 Å². The third kappa shape index (κ3) is 2.57. The molecule has 0 spiro atoms. The molecular formula is C17H25NO2. The maximum atomic E-state index is 10.2. The van der Waals surface area contributed by atoms with Gasteiger partial charge >= 0.3 is 0 Å². The van der Waals surface area contributed by atoms with Crippen molar-refractivity contribution >= 4 is 0 Å². The summed E-state index contributed by atoms with van der Waals surface area (Å²) in [6.07, 6.45) is 6.45. The van der Waals surface area contributed by atoms with Crippen molar-refractivity contribution in [2.75, 3.05) is 13.2 Å². The van der Waals surface area contributed by atoms with Crippen LogP contribution in [-0.2, 0) is 4.74 Å². The second kappa shape index (κ2) is 6.15. The smallest absolute Gasteiger partial charge is 0.120 e. The van der Waals surface area contributed by atoms with E-state index in [2.05, 4.69) is 17.9 Å². The number of para-hydroxylation sites is 1. The Morgan fingerprint density at radius 2 is 2.10 bits per heavy atom. The molecule has 1 aliphatic carbocycles. The molecule has 2 aliphatic rings. The highest BCUT2D eigenvalue weighted by molar-refractivity contribution is 5.34. The molecule has 1 N–H and O–H groups in total. The molecule has 3 rings (SSSR count). The number of ether oxygens (including phenoxy) is 1. The summed E-state index contributed by atoms with van der Waals surface area (Å²) >= 11 is 0. The lowest BCUT2D eigenvalue weighted by molar-refractivity contribution is -0.104. The maximum Gasteiger partial charge on any atom is 0.120 e. The molecule has 0 amide bonds. The monoisotopic (exact) mass is 275 g/mol. The molecule has 2 fully saturated rings. The average Bonchev–Trinajstić information content (AvgIpc) is 2.50. The second-order valence-electron chi connectivity index (χ2n) is 5.98. The highest BCUT2D eigenvalue weighted by Crippen LogP contribution is 2.38. The van der Waals surface area contributed by atoms with Gasteiger partial charge in [0.05, 0.1) is 12.7 Å². The number of fused-ring (bicyclic) bond motifs is 1. The Kier molecular flexibility index (Phi) is 4.27. The third-order valence-corrected chi connectivity index (χ3v) is 4.86. The number of rotatable bonds is 3. The topological polar surface area (TPSA) is 32.7 Å². The van der Waals surface area contributed by atoms with Gasteiger partial charge in [-0.1, -0.05) is 38.0 Å². The molecule has 1 saturated carbocycles. The number of phenols is 1. The molecule has 1 saturated heterocycles. The fourth-order valence-corrected chi connectivity index (χ4v) is 3.92. The minimum Gasteiger partial charge on any atom is -0.508 e. The van der Waals surface area contributed by atoms with Gasteiger partial charge in [0.15, 0.2) is 0 Å². The summed E-state index contributed by atoms with van der Waals surface area (Å²) in [6, 6.07) is 8.63. The Morgan fingerprint density at radius 1 is 1.30 bits per heavy atom. The number of morpholine rings is 1. The molecule has 20 heavy (non-hydrogen) atoms. The Balaban J connectivity index is 1.86. The zero-order chi connectivity index (χ0) is 13.9. The predicted octanol–water partition coefficient (Wildman–Crippen LogP) is 3.49. The van der Waals surface area contributed by atoms with Gasteiger partial charge in [0, 0.05) is 24.2 Å². The van der Waals surface area contributed by atoms with E-state index in [0.29, 0.717) is 23.9 Å².